The zero-order valence-electron chi connectivity index (χ0n) is 10.8. The number of rotatable bonds is 1. The van der Waals surface area contributed by atoms with E-state index in [0.717, 1.165) is 19.6 Å². The van der Waals surface area contributed by atoms with E-state index < -0.39 is 8.80 Å². The first-order chi connectivity index (χ1) is 8.80. The summed E-state index contributed by atoms with van der Waals surface area (Å²) in [5, 5.41) is 0. The molecule has 4 rings (SSSR count). The Labute approximate surface area is 111 Å². The van der Waals surface area contributed by atoms with Crippen LogP contribution in [0.2, 0.25) is 0 Å². The first-order valence-corrected chi connectivity index (χ1v) is 8.39. The molecule has 3 aliphatic heterocycles. The molecule has 0 N–H and O–H groups in total. The molecule has 18 heavy (non-hydrogen) atoms. The molecule has 3 heterocycles. The van der Waals surface area contributed by atoms with E-state index in [1.54, 1.807) is 0 Å². The second kappa shape index (κ2) is 5.59. The van der Waals surface area contributed by atoms with Gasteiger partial charge in [0.25, 0.3) is 0 Å². The molecule has 5 radical (unpaired) electrons. The second-order valence-electron chi connectivity index (χ2n) is 4.93. The van der Waals surface area contributed by atoms with Crippen molar-refractivity contribution in [1.82, 2.24) is 4.90 Å². The van der Waals surface area contributed by atoms with Crippen molar-refractivity contribution >= 4 is 8.80 Å². The Hall–Kier alpha value is 0.0569. The summed E-state index contributed by atoms with van der Waals surface area (Å²) < 4.78 is 18.2. The van der Waals surface area contributed by atoms with Crippen LogP contribution in [0.1, 0.15) is 6.92 Å². The van der Waals surface area contributed by atoms with Crippen LogP contribution in [-0.2, 0) is 13.3 Å². The van der Waals surface area contributed by atoms with Crippen LogP contribution in [0, 0.1) is 37.1 Å². The fourth-order valence-electron chi connectivity index (χ4n) is 2.66. The molecule has 99 valence electrons. The molecule has 0 aromatic rings. The summed E-state index contributed by atoms with van der Waals surface area (Å²) in [5.41, 5.74) is 1.21. The van der Waals surface area contributed by atoms with Gasteiger partial charge in [-0.2, -0.15) is 0 Å². The summed E-state index contributed by atoms with van der Waals surface area (Å²) in [6, 6.07) is 0. The van der Waals surface area contributed by atoms with Crippen molar-refractivity contribution in [2.45, 2.75) is 6.92 Å². The minimum atomic E-state index is -2.64. The van der Waals surface area contributed by atoms with Crippen molar-refractivity contribution in [2.24, 2.45) is 5.92 Å². The van der Waals surface area contributed by atoms with Gasteiger partial charge in [0.1, 0.15) is 0 Å². The maximum absolute atomic E-state index is 6.08. The molecule has 0 spiro atoms. The largest absolute Gasteiger partial charge is 0.508 e. The Morgan fingerprint density at radius 3 is 2.22 bits per heavy atom. The molecular weight excluding hydrogens is 246 g/mol. The van der Waals surface area contributed by atoms with E-state index in [1.165, 1.54) is 5.54 Å². The molecule has 4 fully saturated rings. The topological polar surface area (TPSA) is 30.9 Å². The predicted molar refractivity (Wildman–Crippen MR) is 69.7 cm³/mol. The SMILES string of the molecule is C[C@@H]1[CH][CH][CH][CH][C]1[Si]12OCCN(CCO1)CCO2. The van der Waals surface area contributed by atoms with Crippen LogP contribution in [0.25, 0.3) is 0 Å². The lowest BCUT2D eigenvalue weighted by Crippen LogP contribution is -2.60. The summed E-state index contributed by atoms with van der Waals surface area (Å²) in [4.78, 5) is 2.34. The molecule has 0 amide bonds. The quantitative estimate of drug-likeness (QED) is 0.660. The van der Waals surface area contributed by atoms with Crippen LogP contribution in [0.15, 0.2) is 0 Å². The molecule has 4 nitrogen and oxygen atoms in total. The van der Waals surface area contributed by atoms with Crippen molar-refractivity contribution < 1.29 is 13.3 Å². The van der Waals surface area contributed by atoms with Gasteiger partial charge in [0.05, 0.1) is 25.4 Å². The first kappa shape index (κ1) is 13.1. The van der Waals surface area contributed by atoms with Crippen molar-refractivity contribution in [1.29, 1.82) is 0 Å². The lowest BCUT2D eigenvalue weighted by atomic mass is 9.90. The zero-order valence-corrected chi connectivity index (χ0v) is 11.8. The van der Waals surface area contributed by atoms with Gasteiger partial charge in [0, 0.05) is 19.6 Å². The number of nitrogens with zero attached hydrogens (tertiary/aromatic N) is 1. The highest BCUT2D eigenvalue weighted by atomic mass is 28.4. The molecule has 0 aromatic carbocycles. The van der Waals surface area contributed by atoms with E-state index in [0.29, 0.717) is 25.7 Å². The lowest BCUT2D eigenvalue weighted by Gasteiger charge is -2.44. The van der Waals surface area contributed by atoms with Crippen LogP contribution in [-0.4, -0.2) is 53.2 Å². The van der Waals surface area contributed by atoms with Crippen molar-refractivity contribution in [3.8, 4) is 0 Å². The molecule has 2 bridgehead atoms. The van der Waals surface area contributed by atoms with Crippen molar-refractivity contribution in [2.75, 3.05) is 39.5 Å². The molecule has 5 heteroatoms. The maximum atomic E-state index is 6.08. The Morgan fingerprint density at radius 2 is 1.67 bits per heavy atom. The number of hydrogen-bond donors (Lipinski definition) is 0. The average Bonchev–Trinajstić information content (AvgIpc) is 2.28. The Kier molecular flexibility index (Phi) is 4.05. The molecule has 1 saturated carbocycles. The third kappa shape index (κ3) is 2.51. The minimum Gasteiger partial charge on any atom is -0.372 e. The van der Waals surface area contributed by atoms with E-state index in [2.05, 4.69) is 37.5 Å². The molecule has 3 saturated heterocycles. The Bertz CT molecular complexity index is 263. The third-order valence-electron chi connectivity index (χ3n) is 3.73. The van der Waals surface area contributed by atoms with Crippen LogP contribution in [0.3, 0.4) is 0 Å². The van der Waals surface area contributed by atoms with Gasteiger partial charge in [0.2, 0.25) is 0 Å². The van der Waals surface area contributed by atoms with Gasteiger partial charge < -0.3 is 13.3 Å². The molecule has 1 aliphatic carbocycles. The molecular formula is C13H20NO3Si. The Balaban J connectivity index is 1.79. The Morgan fingerprint density at radius 1 is 1.06 bits per heavy atom. The van der Waals surface area contributed by atoms with E-state index in [4.69, 9.17) is 13.3 Å². The molecule has 0 unspecified atom stereocenters. The predicted octanol–water partition coefficient (Wildman–Crippen LogP) is 0.885. The van der Waals surface area contributed by atoms with Gasteiger partial charge in [-0.05, 0) is 31.6 Å². The number of fused-ring (bicyclic) bond motifs is 6. The van der Waals surface area contributed by atoms with E-state index in [9.17, 15) is 0 Å². The van der Waals surface area contributed by atoms with Crippen LogP contribution in [0.4, 0.5) is 0 Å². The van der Waals surface area contributed by atoms with Gasteiger partial charge in [-0.1, -0.05) is 6.92 Å². The van der Waals surface area contributed by atoms with E-state index in [-0.39, 0.29) is 0 Å². The molecule has 1 atom stereocenters. The summed E-state index contributed by atoms with van der Waals surface area (Å²) >= 11 is 0. The summed E-state index contributed by atoms with van der Waals surface area (Å²) in [6.07, 6.45) is 8.43. The van der Waals surface area contributed by atoms with E-state index >= 15 is 0 Å². The minimum absolute atomic E-state index is 0.344. The smallest absolute Gasteiger partial charge is 0.372 e. The average molecular weight is 266 g/mol. The molecule has 4 aliphatic rings. The maximum Gasteiger partial charge on any atom is 0.508 e. The van der Waals surface area contributed by atoms with Crippen LogP contribution in [0.5, 0.6) is 0 Å². The summed E-state index contributed by atoms with van der Waals surface area (Å²) in [7, 11) is -2.64. The fourth-order valence-corrected chi connectivity index (χ4v) is 5.45. The van der Waals surface area contributed by atoms with Crippen molar-refractivity contribution in [3.63, 3.8) is 0 Å². The van der Waals surface area contributed by atoms with Gasteiger partial charge in [0.15, 0.2) is 0 Å². The summed E-state index contributed by atoms with van der Waals surface area (Å²) in [6.45, 7) is 7.27. The number of hydrogen-bond acceptors (Lipinski definition) is 4. The third-order valence-corrected chi connectivity index (χ3v) is 6.81. The lowest BCUT2D eigenvalue weighted by molar-refractivity contribution is -0.00748. The van der Waals surface area contributed by atoms with Gasteiger partial charge in [-0.25, -0.2) is 0 Å². The molecule has 0 aromatic heterocycles. The highest BCUT2D eigenvalue weighted by molar-refractivity contribution is 6.67. The van der Waals surface area contributed by atoms with Gasteiger partial charge in [-0.15, -0.1) is 0 Å². The fraction of sp³-hybridized carbons (Fsp3) is 0.615. The van der Waals surface area contributed by atoms with Gasteiger partial charge >= 0.3 is 8.80 Å². The van der Waals surface area contributed by atoms with E-state index in [1.807, 2.05) is 0 Å². The monoisotopic (exact) mass is 266 g/mol. The summed E-state index contributed by atoms with van der Waals surface area (Å²) in [5.74, 6) is 0.344. The zero-order chi connectivity index (χ0) is 12.4. The van der Waals surface area contributed by atoms with Gasteiger partial charge in [-0.3, -0.25) is 4.90 Å². The van der Waals surface area contributed by atoms with Crippen molar-refractivity contribution in [3.05, 3.63) is 31.2 Å². The highest BCUT2D eigenvalue weighted by Crippen LogP contribution is 2.38. The highest BCUT2D eigenvalue weighted by Gasteiger charge is 2.54. The van der Waals surface area contributed by atoms with Crippen LogP contribution >= 0.6 is 0 Å². The first-order valence-electron chi connectivity index (χ1n) is 6.67. The normalized spacial score (nSPS) is 43.2. The standard InChI is InChI=1S/C13H20NO3Si/c1-12-4-2-3-5-13(12)18-15-9-6-14(7-10-16-18)8-11-17-18/h2-5,12H,6-11H2,1H3/t12-/m1/s1. The van der Waals surface area contributed by atoms with Crippen LogP contribution < -0.4 is 0 Å². The second-order valence-corrected chi connectivity index (χ2v) is 7.49.